The van der Waals surface area contributed by atoms with E-state index in [1.165, 1.54) is 32.4 Å². The molecule has 0 unspecified atom stereocenters. The quantitative estimate of drug-likeness (QED) is 0.441. The molecular formula is C18H20O4. The molecule has 116 valence electrons. The maximum Gasteiger partial charge on any atom is 0.327 e. The summed E-state index contributed by atoms with van der Waals surface area (Å²) in [4.78, 5) is 24.3. The predicted octanol–water partition coefficient (Wildman–Crippen LogP) is 3.16. The van der Waals surface area contributed by atoms with Gasteiger partial charge in [-0.3, -0.25) is 9.59 Å². The lowest BCUT2D eigenvalue weighted by atomic mass is 9.83. The number of methoxy groups -OCH3 is 2. The lowest BCUT2D eigenvalue weighted by Crippen LogP contribution is -2.39. The lowest BCUT2D eigenvalue weighted by Gasteiger charge is -2.23. The van der Waals surface area contributed by atoms with E-state index in [2.05, 4.69) is 6.58 Å². The number of ether oxygens (including phenoxy) is 2. The number of allylic oxidation sites excluding steroid dienone is 3. The summed E-state index contributed by atoms with van der Waals surface area (Å²) in [6.07, 6.45) is 8.18. The van der Waals surface area contributed by atoms with E-state index < -0.39 is 17.4 Å². The van der Waals surface area contributed by atoms with Crippen LogP contribution in [0.2, 0.25) is 0 Å². The second-order valence-corrected chi connectivity index (χ2v) is 4.57. The summed E-state index contributed by atoms with van der Waals surface area (Å²) in [6, 6.07) is 9.58. The molecule has 1 aromatic carbocycles. The van der Waals surface area contributed by atoms with Crippen LogP contribution in [0.5, 0.6) is 0 Å². The molecule has 0 aromatic heterocycles. The number of benzene rings is 1. The largest absolute Gasteiger partial charge is 0.468 e. The Balaban J connectivity index is 3.10. The Hall–Kier alpha value is -2.62. The Morgan fingerprint density at radius 1 is 1.14 bits per heavy atom. The van der Waals surface area contributed by atoms with E-state index >= 15 is 0 Å². The van der Waals surface area contributed by atoms with Crippen molar-refractivity contribution in [3.05, 3.63) is 66.8 Å². The fourth-order valence-electron chi connectivity index (χ4n) is 2.00. The fraction of sp³-hybridized carbons (Fsp3) is 0.222. The first-order valence-electron chi connectivity index (χ1n) is 6.79. The van der Waals surface area contributed by atoms with Gasteiger partial charge in [0.15, 0.2) is 5.41 Å². The minimum Gasteiger partial charge on any atom is -0.468 e. The Morgan fingerprint density at radius 2 is 1.73 bits per heavy atom. The summed E-state index contributed by atoms with van der Waals surface area (Å²) < 4.78 is 9.56. The van der Waals surface area contributed by atoms with Crippen LogP contribution < -0.4 is 0 Å². The normalized spacial score (nSPS) is 11.5. The third kappa shape index (κ3) is 4.19. The van der Waals surface area contributed by atoms with Gasteiger partial charge in [-0.15, -0.1) is 0 Å². The average Bonchev–Trinajstić information content (AvgIpc) is 2.57. The van der Waals surface area contributed by atoms with Crippen molar-refractivity contribution in [2.45, 2.75) is 6.42 Å². The zero-order valence-corrected chi connectivity index (χ0v) is 12.8. The van der Waals surface area contributed by atoms with Gasteiger partial charge in [0.25, 0.3) is 0 Å². The van der Waals surface area contributed by atoms with Gasteiger partial charge >= 0.3 is 11.9 Å². The molecule has 0 radical (unpaired) electrons. The molecule has 0 aliphatic carbocycles. The van der Waals surface area contributed by atoms with Gasteiger partial charge in [0.2, 0.25) is 0 Å². The van der Waals surface area contributed by atoms with Crippen molar-refractivity contribution in [3.63, 3.8) is 0 Å². The van der Waals surface area contributed by atoms with Crippen molar-refractivity contribution in [3.8, 4) is 0 Å². The predicted molar refractivity (Wildman–Crippen MR) is 85.9 cm³/mol. The van der Waals surface area contributed by atoms with Gasteiger partial charge in [0.1, 0.15) is 0 Å². The summed E-state index contributed by atoms with van der Waals surface area (Å²) in [5.41, 5.74) is -0.540. The van der Waals surface area contributed by atoms with Crippen LogP contribution in [0.3, 0.4) is 0 Å². The van der Waals surface area contributed by atoms with Gasteiger partial charge in [-0.25, -0.2) is 0 Å². The molecule has 0 fully saturated rings. The molecule has 4 nitrogen and oxygen atoms in total. The molecule has 0 aliphatic heterocycles. The van der Waals surface area contributed by atoms with E-state index in [0.29, 0.717) is 0 Å². The summed E-state index contributed by atoms with van der Waals surface area (Å²) in [5, 5.41) is 0. The van der Waals surface area contributed by atoms with E-state index in [-0.39, 0.29) is 6.42 Å². The van der Waals surface area contributed by atoms with Crippen molar-refractivity contribution in [1.82, 2.24) is 0 Å². The minimum absolute atomic E-state index is 0.131. The maximum absolute atomic E-state index is 12.1. The SMILES string of the molecule is C=C/C=C/C(C/C=C/c1ccccc1)(C(=O)OC)C(=O)OC. The molecule has 0 N–H and O–H groups in total. The van der Waals surface area contributed by atoms with E-state index in [1.54, 1.807) is 6.08 Å². The molecule has 0 atom stereocenters. The highest BCUT2D eigenvalue weighted by Gasteiger charge is 2.45. The highest BCUT2D eigenvalue weighted by molar-refractivity contribution is 6.02. The van der Waals surface area contributed by atoms with Gasteiger partial charge in [0, 0.05) is 0 Å². The smallest absolute Gasteiger partial charge is 0.327 e. The van der Waals surface area contributed by atoms with Crippen molar-refractivity contribution in [2.75, 3.05) is 14.2 Å². The molecule has 4 heteroatoms. The third-order valence-corrected chi connectivity index (χ3v) is 3.17. The van der Waals surface area contributed by atoms with Gasteiger partial charge in [-0.2, -0.15) is 0 Å². The second kappa shape index (κ2) is 8.62. The Bertz CT molecular complexity index is 554. The van der Waals surface area contributed by atoms with Crippen LogP contribution in [-0.2, 0) is 19.1 Å². The maximum atomic E-state index is 12.1. The van der Waals surface area contributed by atoms with Crippen LogP contribution >= 0.6 is 0 Å². The van der Waals surface area contributed by atoms with E-state index in [1.807, 2.05) is 36.4 Å². The summed E-state index contributed by atoms with van der Waals surface area (Å²) >= 11 is 0. The van der Waals surface area contributed by atoms with Crippen molar-refractivity contribution < 1.29 is 19.1 Å². The van der Waals surface area contributed by atoms with Crippen LogP contribution in [0.1, 0.15) is 12.0 Å². The van der Waals surface area contributed by atoms with Gasteiger partial charge in [0.05, 0.1) is 14.2 Å². The van der Waals surface area contributed by atoms with Gasteiger partial charge < -0.3 is 9.47 Å². The third-order valence-electron chi connectivity index (χ3n) is 3.17. The number of rotatable bonds is 7. The zero-order valence-electron chi connectivity index (χ0n) is 12.8. The number of carbonyl (C=O) groups excluding carboxylic acids is 2. The number of esters is 2. The Labute approximate surface area is 130 Å². The van der Waals surface area contributed by atoms with E-state index in [9.17, 15) is 9.59 Å². The first kappa shape index (κ1) is 17.4. The second-order valence-electron chi connectivity index (χ2n) is 4.57. The first-order valence-corrected chi connectivity index (χ1v) is 6.79. The van der Waals surface area contributed by atoms with Gasteiger partial charge in [-0.05, 0) is 12.0 Å². The minimum atomic E-state index is -1.51. The van der Waals surface area contributed by atoms with Crippen LogP contribution in [0.15, 0.2) is 61.2 Å². The van der Waals surface area contributed by atoms with Crippen molar-refractivity contribution in [1.29, 1.82) is 0 Å². The number of hydrogen-bond acceptors (Lipinski definition) is 4. The summed E-state index contributed by atoms with van der Waals surface area (Å²) in [7, 11) is 2.48. The van der Waals surface area contributed by atoms with E-state index in [0.717, 1.165) is 5.56 Å². The highest BCUT2D eigenvalue weighted by atomic mass is 16.5. The average molecular weight is 300 g/mol. The number of hydrogen-bond donors (Lipinski definition) is 0. The molecule has 0 amide bonds. The number of carbonyl (C=O) groups is 2. The van der Waals surface area contributed by atoms with Crippen molar-refractivity contribution in [2.24, 2.45) is 5.41 Å². The monoisotopic (exact) mass is 300 g/mol. The zero-order chi connectivity index (χ0) is 16.4. The standard InChI is InChI=1S/C18H20O4/c1-4-5-13-18(16(19)21-2,17(20)22-3)14-9-12-15-10-7-6-8-11-15/h4-13H,1,14H2,2-3H3/b12-9+,13-5+. The first-order chi connectivity index (χ1) is 10.6. The van der Waals surface area contributed by atoms with E-state index in [4.69, 9.17) is 9.47 Å². The molecule has 1 aromatic rings. The molecule has 22 heavy (non-hydrogen) atoms. The lowest BCUT2D eigenvalue weighted by molar-refractivity contribution is -0.164. The van der Waals surface area contributed by atoms with Crippen LogP contribution in [0.4, 0.5) is 0 Å². The molecule has 0 spiro atoms. The van der Waals surface area contributed by atoms with Crippen molar-refractivity contribution >= 4 is 18.0 Å². The molecular weight excluding hydrogens is 280 g/mol. The topological polar surface area (TPSA) is 52.6 Å². The van der Waals surface area contributed by atoms with Crippen LogP contribution in [0, 0.1) is 5.41 Å². The molecule has 0 saturated carbocycles. The van der Waals surface area contributed by atoms with Gasteiger partial charge in [-0.1, -0.05) is 67.3 Å². The highest BCUT2D eigenvalue weighted by Crippen LogP contribution is 2.29. The molecule has 0 aliphatic rings. The Kier molecular flexibility index (Phi) is 6.83. The summed E-state index contributed by atoms with van der Waals surface area (Å²) in [5.74, 6) is -1.34. The van der Waals surface area contributed by atoms with Crippen LogP contribution in [0.25, 0.3) is 6.08 Å². The molecule has 1 rings (SSSR count). The molecule has 0 bridgehead atoms. The summed E-state index contributed by atoms with van der Waals surface area (Å²) in [6.45, 7) is 3.55. The molecule has 0 saturated heterocycles. The molecule has 0 heterocycles. The Morgan fingerprint density at radius 3 is 2.23 bits per heavy atom. The van der Waals surface area contributed by atoms with Crippen LogP contribution in [-0.4, -0.2) is 26.2 Å². The fourth-order valence-corrected chi connectivity index (χ4v) is 2.00.